The van der Waals surface area contributed by atoms with Gasteiger partial charge in [0.25, 0.3) is 5.91 Å². The van der Waals surface area contributed by atoms with E-state index in [4.69, 9.17) is 0 Å². The molecule has 0 fully saturated rings. The van der Waals surface area contributed by atoms with Crippen LogP contribution in [0.15, 0.2) is 42.5 Å². The largest absolute Gasteiger partial charge is 0.416 e. The fourth-order valence-corrected chi connectivity index (χ4v) is 2.41. The van der Waals surface area contributed by atoms with Crippen LogP contribution in [0, 0.1) is 0 Å². The molecule has 0 spiro atoms. The first-order valence-corrected chi connectivity index (χ1v) is 6.79. The molecule has 0 radical (unpaired) electrons. The molecule has 1 aliphatic rings. The van der Waals surface area contributed by atoms with Crippen LogP contribution in [0.5, 0.6) is 0 Å². The zero-order chi connectivity index (χ0) is 15.7. The molecule has 2 aromatic carbocycles. The summed E-state index contributed by atoms with van der Waals surface area (Å²) in [7, 11) is 0. The molecule has 1 aliphatic heterocycles. The fourth-order valence-electron chi connectivity index (χ4n) is 2.41. The molecule has 1 heterocycles. The van der Waals surface area contributed by atoms with E-state index >= 15 is 0 Å². The number of amides is 1. The minimum absolute atomic E-state index is 0.119. The summed E-state index contributed by atoms with van der Waals surface area (Å²) in [6.45, 7) is 0.827. The van der Waals surface area contributed by atoms with Gasteiger partial charge in [0.1, 0.15) is 0 Å². The molecule has 3 nitrogen and oxygen atoms in total. The Bertz CT molecular complexity index is 726. The molecule has 0 atom stereocenters. The molecule has 114 valence electrons. The predicted octanol–water partition coefficient (Wildman–Crippen LogP) is 3.93. The highest BCUT2D eigenvalue weighted by molar-refractivity contribution is 6.05. The van der Waals surface area contributed by atoms with Crippen LogP contribution in [-0.4, -0.2) is 12.5 Å². The maximum absolute atomic E-state index is 12.7. The van der Waals surface area contributed by atoms with Gasteiger partial charge in [0, 0.05) is 23.5 Å². The first-order valence-electron chi connectivity index (χ1n) is 6.79. The van der Waals surface area contributed by atoms with Crippen LogP contribution in [0.2, 0.25) is 0 Å². The molecule has 0 bridgehead atoms. The van der Waals surface area contributed by atoms with Crippen molar-refractivity contribution in [3.05, 3.63) is 59.2 Å². The number of carbonyl (C=O) groups is 1. The van der Waals surface area contributed by atoms with E-state index in [1.54, 1.807) is 12.1 Å². The Labute approximate surface area is 125 Å². The van der Waals surface area contributed by atoms with Crippen molar-refractivity contribution in [2.75, 3.05) is 17.2 Å². The predicted molar refractivity (Wildman–Crippen MR) is 78.0 cm³/mol. The summed E-state index contributed by atoms with van der Waals surface area (Å²) in [5.41, 5.74) is 1.77. The Morgan fingerprint density at radius 1 is 1.14 bits per heavy atom. The molecular weight excluding hydrogens is 293 g/mol. The molecule has 0 saturated carbocycles. The van der Waals surface area contributed by atoms with Crippen molar-refractivity contribution < 1.29 is 18.0 Å². The topological polar surface area (TPSA) is 41.1 Å². The Kier molecular flexibility index (Phi) is 3.52. The second-order valence-electron chi connectivity index (χ2n) is 5.08. The molecule has 0 aliphatic carbocycles. The number of rotatable bonds is 2. The van der Waals surface area contributed by atoms with Crippen molar-refractivity contribution in [2.24, 2.45) is 0 Å². The smallest absolute Gasteiger partial charge is 0.384 e. The number of hydrogen-bond donors (Lipinski definition) is 2. The van der Waals surface area contributed by atoms with Gasteiger partial charge in [-0.15, -0.1) is 0 Å². The normalized spacial score (nSPS) is 13.4. The second kappa shape index (κ2) is 5.36. The molecule has 3 rings (SSSR count). The van der Waals surface area contributed by atoms with E-state index in [2.05, 4.69) is 10.6 Å². The number of benzene rings is 2. The summed E-state index contributed by atoms with van der Waals surface area (Å²) in [4.78, 5) is 12.2. The van der Waals surface area contributed by atoms with Gasteiger partial charge in [-0.2, -0.15) is 13.2 Å². The van der Waals surface area contributed by atoms with Crippen molar-refractivity contribution in [3.63, 3.8) is 0 Å². The van der Waals surface area contributed by atoms with Gasteiger partial charge in [-0.05, 0) is 42.3 Å². The van der Waals surface area contributed by atoms with Gasteiger partial charge in [-0.3, -0.25) is 4.79 Å². The Hall–Kier alpha value is -2.50. The number of carbonyl (C=O) groups excluding carboxylic acids is 1. The third-order valence-corrected chi connectivity index (χ3v) is 3.53. The maximum atomic E-state index is 12.7. The summed E-state index contributed by atoms with van der Waals surface area (Å²) in [6.07, 6.45) is -3.52. The lowest BCUT2D eigenvalue weighted by Gasteiger charge is -2.10. The number of anilines is 2. The molecule has 6 heteroatoms. The molecule has 0 unspecified atom stereocenters. The highest BCUT2D eigenvalue weighted by atomic mass is 19.4. The van der Waals surface area contributed by atoms with E-state index in [-0.39, 0.29) is 5.69 Å². The van der Waals surface area contributed by atoms with Gasteiger partial charge in [0.15, 0.2) is 0 Å². The van der Waals surface area contributed by atoms with E-state index in [1.165, 1.54) is 12.1 Å². The van der Waals surface area contributed by atoms with E-state index < -0.39 is 17.6 Å². The second-order valence-corrected chi connectivity index (χ2v) is 5.08. The number of halogens is 3. The van der Waals surface area contributed by atoms with Gasteiger partial charge >= 0.3 is 6.18 Å². The zero-order valence-electron chi connectivity index (χ0n) is 11.5. The van der Waals surface area contributed by atoms with Crippen molar-refractivity contribution in [1.82, 2.24) is 0 Å². The summed E-state index contributed by atoms with van der Waals surface area (Å²) < 4.78 is 38.0. The standard InChI is InChI=1S/C16H13F3N2O/c17-16(18,19)12-2-1-3-13(9-12)21-15(22)11-5-4-10-6-7-20-14(10)8-11/h1-5,8-9,20H,6-7H2,(H,21,22). The van der Waals surface area contributed by atoms with E-state index in [0.29, 0.717) is 5.56 Å². The quantitative estimate of drug-likeness (QED) is 0.883. The molecule has 2 aromatic rings. The Morgan fingerprint density at radius 2 is 1.95 bits per heavy atom. The summed E-state index contributed by atoms with van der Waals surface area (Å²) in [6, 6.07) is 9.83. The van der Waals surface area contributed by atoms with Crippen LogP contribution in [-0.2, 0) is 12.6 Å². The van der Waals surface area contributed by atoms with Crippen LogP contribution in [0.4, 0.5) is 24.5 Å². The average molecular weight is 306 g/mol. The highest BCUT2D eigenvalue weighted by Gasteiger charge is 2.30. The van der Waals surface area contributed by atoms with Crippen LogP contribution in [0.3, 0.4) is 0 Å². The number of nitrogens with one attached hydrogen (secondary N) is 2. The van der Waals surface area contributed by atoms with Crippen LogP contribution in [0.25, 0.3) is 0 Å². The summed E-state index contributed by atoms with van der Waals surface area (Å²) >= 11 is 0. The number of alkyl halides is 3. The van der Waals surface area contributed by atoms with Crippen LogP contribution < -0.4 is 10.6 Å². The minimum atomic E-state index is -4.43. The lowest BCUT2D eigenvalue weighted by molar-refractivity contribution is -0.137. The van der Waals surface area contributed by atoms with Gasteiger partial charge in [0.2, 0.25) is 0 Å². The lowest BCUT2D eigenvalue weighted by Crippen LogP contribution is -2.13. The monoisotopic (exact) mass is 306 g/mol. The van der Waals surface area contributed by atoms with Crippen molar-refractivity contribution in [1.29, 1.82) is 0 Å². The summed E-state index contributed by atoms with van der Waals surface area (Å²) in [5, 5.41) is 5.65. The Morgan fingerprint density at radius 3 is 2.73 bits per heavy atom. The zero-order valence-corrected chi connectivity index (χ0v) is 11.5. The van der Waals surface area contributed by atoms with Crippen molar-refractivity contribution in [3.8, 4) is 0 Å². The van der Waals surface area contributed by atoms with Gasteiger partial charge < -0.3 is 10.6 Å². The maximum Gasteiger partial charge on any atom is 0.416 e. The van der Waals surface area contributed by atoms with Crippen molar-refractivity contribution in [2.45, 2.75) is 12.6 Å². The molecule has 0 aromatic heterocycles. The van der Waals surface area contributed by atoms with E-state index in [9.17, 15) is 18.0 Å². The Balaban J connectivity index is 1.80. The number of hydrogen-bond acceptors (Lipinski definition) is 2. The summed E-state index contributed by atoms with van der Waals surface area (Å²) in [5.74, 6) is -0.434. The lowest BCUT2D eigenvalue weighted by atomic mass is 10.1. The van der Waals surface area contributed by atoms with E-state index in [1.807, 2.05) is 6.07 Å². The third kappa shape index (κ3) is 2.90. The SMILES string of the molecule is O=C(Nc1cccc(C(F)(F)F)c1)c1ccc2c(c1)NCC2. The number of fused-ring (bicyclic) bond motifs is 1. The molecule has 22 heavy (non-hydrogen) atoms. The molecular formula is C16H13F3N2O. The average Bonchev–Trinajstić information content (AvgIpc) is 2.94. The molecule has 1 amide bonds. The van der Waals surface area contributed by atoms with Crippen LogP contribution >= 0.6 is 0 Å². The van der Waals surface area contributed by atoms with E-state index in [0.717, 1.165) is 36.3 Å². The minimum Gasteiger partial charge on any atom is -0.384 e. The first kappa shape index (κ1) is 14.4. The van der Waals surface area contributed by atoms with Gasteiger partial charge in [-0.1, -0.05) is 12.1 Å². The van der Waals surface area contributed by atoms with Crippen LogP contribution in [0.1, 0.15) is 21.5 Å². The van der Waals surface area contributed by atoms with Gasteiger partial charge in [0.05, 0.1) is 5.56 Å². The molecule has 0 saturated heterocycles. The highest BCUT2D eigenvalue weighted by Crippen LogP contribution is 2.31. The molecule has 2 N–H and O–H groups in total. The van der Waals surface area contributed by atoms with Crippen molar-refractivity contribution >= 4 is 17.3 Å². The van der Waals surface area contributed by atoms with Gasteiger partial charge in [-0.25, -0.2) is 0 Å². The third-order valence-electron chi connectivity index (χ3n) is 3.53. The fraction of sp³-hybridized carbons (Fsp3) is 0.188. The first-order chi connectivity index (χ1) is 10.4.